The Morgan fingerprint density at radius 3 is 2.57 bits per heavy atom. The van der Waals surface area contributed by atoms with Gasteiger partial charge in [0.05, 0.1) is 12.5 Å². The van der Waals surface area contributed by atoms with Crippen molar-refractivity contribution in [3.8, 4) is 0 Å². The first-order valence-corrected chi connectivity index (χ1v) is 7.94. The van der Waals surface area contributed by atoms with Crippen molar-refractivity contribution in [2.24, 2.45) is 0 Å². The van der Waals surface area contributed by atoms with Gasteiger partial charge in [-0.1, -0.05) is 0 Å². The lowest BCUT2D eigenvalue weighted by Crippen LogP contribution is -2.50. The summed E-state index contributed by atoms with van der Waals surface area (Å²) in [4.78, 5) is 23.8. The molecule has 0 saturated carbocycles. The van der Waals surface area contributed by atoms with E-state index < -0.39 is 0 Å². The van der Waals surface area contributed by atoms with Gasteiger partial charge in [0.2, 0.25) is 0 Å². The van der Waals surface area contributed by atoms with Crippen molar-refractivity contribution >= 4 is 5.91 Å². The minimum atomic E-state index is -0.0368. The highest BCUT2D eigenvalue weighted by Gasteiger charge is 2.28. The number of aromatic nitrogens is 2. The Kier molecular flexibility index (Phi) is 4.55. The van der Waals surface area contributed by atoms with Gasteiger partial charge in [-0.2, -0.15) is 0 Å². The van der Waals surface area contributed by atoms with Gasteiger partial charge in [0.25, 0.3) is 5.91 Å². The average Bonchev–Trinajstić information content (AvgIpc) is 3.03. The van der Waals surface area contributed by atoms with Crippen LogP contribution in [0.15, 0.2) is 12.5 Å². The molecule has 0 atom stereocenters. The van der Waals surface area contributed by atoms with Crippen molar-refractivity contribution in [1.29, 1.82) is 0 Å². The first-order chi connectivity index (χ1) is 10.2. The molecular formula is C15H25N5O. The fourth-order valence-corrected chi connectivity index (χ4v) is 3.41. The second-order valence-electron chi connectivity index (χ2n) is 6.28. The summed E-state index contributed by atoms with van der Waals surface area (Å²) in [5, 5.41) is 3.11. The maximum absolute atomic E-state index is 12.0. The molecule has 2 fully saturated rings. The summed E-state index contributed by atoms with van der Waals surface area (Å²) in [5.41, 5.74) is 0.549. The topological polar surface area (TPSA) is 64.3 Å². The third-order valence-corrected chi connectivity index (χ3v) is 4.81. The van der Waals surface area contributed by atoms with Crippen LogP contribution in [0.4, 0.5) is 0 Å². The highest BCUT2D eigenvalue weighted by atomic mass is 16.2. The molecule has 1 aromatic rings. The summed E-state index contributed by atoms with van der Waals surface area (Å²) in [6.45, 7) is 4.62. The fraction of sp³-hybridized carbons (Fsp3) is 0.733. The van der Waals surface area contributed by atoms with Crippen molar-refractivity contribution < 1.29 is 4.79 Å². The van der Waals surface area contributed by atoms with Crippen molar-refractivity contribution in [1.82, 2.24) is 25.1 Å². The van der Waals surface area contributed by atoms with E-state index in [1.165, 1.54) is 32.3 Å². The summed E-state index contributed by atoms with van der Waals surface area (Å²) < 4.78 is 0. The Morgan fingerprint density at radius 1 is 1.24 bits per heavy atom. The highest BCUT2D eigenvalue weighted by Crippen LogP contribution is 2.20. The van der Waals surface area contributed by atoms with Crippen LogP contribution in [0.2, 0.25) is 0 Å². The Bertz CT molecular complexity index is 445. The van der Waals surface area contributed by atoms with E-state index in [4.69, 9.17) is 0 Å². The third kappa shape index (κ3) is 3.63. The van der Waals surface area contributed by atoms with E-state index in [1.54, 1.807) is 6.20 Å². The lowest BCUT2D eigenvalue weighted by Gasteiger charge is -2.41. The van der Waals surface area contributed by atoms with Crippen molar-refractivity contribution in [3.05, 3.63) is 18.2 Å². The number of H-pyrrole nitrogens is 1. The van der Waals surface area contributed by atoms with Gasteiger partial charge in [-0.3, -0.25) is 4.79 Å². The molecule has 1 aromatic heterocycles. The quantitative estimate of drug-likeness (QED) is 0.860. The molecule has 3 rings (SSSR count). The van der Waals surface area contributed by atoms with Crippen LogP contribution < -0.4 is 5.32 Å². The van der Waals surface area contributed by atoms with Crippen molar-refractivity contribution in [3.63, 3.8) is 0 Å². The first-order valence-electron chi connectivity index (χ1n) is 7.94. The van der Waals surface area contributed by atoms with Gasteiger partial charge in [-0.15, -0.1) is 0 Å². The van der Waals surface area contributed by atoms with Gasteiger partial charge in [0.1, 0.15) is 5.69 Å². The van der Waals surface area contributed by atoms with E-state index in [2.05, 4.69) is 32.1 Å². The zero-order chi connectivity index (χ0) is 14.7. The predicted octanol–water partition coefficient (Wildman–Crippen LogP) is 0.698. The number of imidazole rings is 1. The molecule has 3 heterocycles. The normalized spacial score (nSPS) is 23.3. The molecular weight excluding hydrogens is 266 g/mol. The van der Waals surface area contributed by atoms with Crippen molar-refractivity contribution in [2.45, 2.75) is 37.8 Å². The minimum absolute atomic E-state index is 0.0368. The van der Waals surface area contributed by atoms with E-state index in [9.17, 15) is 4.79 Å². The molecule has 2 N–H and O–H groups in total. The van der Waals surface area contributed by atoms with E-state index >= 15 is 0 Å². The molecule has 2 aliphatic heterocycles. The summed E-state index contributed by atoms with van der Waals surface area (Å²) in [7, 11) is 2.20. The maximum Gasteiger partial charge on any atom is 0.269 e. The van der Waals surface area contributed by atoms with Gasteiger partial charge in [0, 0.05) is 25.2 Å². The van der Waals surface area contributed by atoms with Crippen molar-refractivity contribution in [2.75, 3.05) is 33.2 Å². The summed E-state index contributed by atoms with van der Waals surface area (Å²) in [6.07, 6.45) is 7.77. The molecule has 0 aliphatic carbocycles. The van der Waals surface area contributed by atoms with Gasteiger partial charge in [-0.05, 0) is 45.8 Å². The standard InChI is InChI=1S/C15H25N5O/c1-19-6-4-13(5-7-19)20-8-2-12(3-9-20)18-15(21)14-10-16-11-17-14/h10-13H,2-9H2,1H3,(H,16,17)(H,18,21). The monoisotopic (exact) mass is 291 g/mol. The lowest BCUT2D eigenvalue weighted by molar-refractivity contribution is 0.0804. The summed E-state index contributed by atoms with van der Waals surface area (Å²) >= 11 is 0. The number of rotatable bonds is 3. The number of hydrogen-bond acceptors (Lipinski definition) is 4. The Hall–Kier alpha value is -1.40. The number of hydrogen-bond donors (Lipinski definition) is 2. The predicted molar refractivity (Wildman–Crippen MR) is 81.2 cm³/mol. The third-order valence-electron chi connectivity index (χ3n) is 4.81. The highest BCUT2D eigenvalue weighted by molar-refractivity contribution is 5.92. The van der Waals surface area contributed by atoms with Crippen LogP contribution in [-0.2, 0) is 0 Å². The number of carbonyl (C=O) groups is 1. The van der Waals surface area contributed by atoms with E-state index in [1.807, 2.05) is 0 Å². The number of carbonyl (C=O) groups excluding carboxylic acids is 1. The molecule has 0 bridgehead atoms. The van der Waals surface area contributed by atoms with Gasteiger partial charge in [-0.25, -0.2) is 4.98 Å². The molecule has 2 saturated heterocycles. The SMILES string of the molecule is CN1CCC(N2CCC(NC(=O)c3cnc[nH]3)CC2)CC1. The van der Waals surface area contributed by atoms with E-state index in [0.29, 0.717) is 11.7 Å². The number of aromatic amines is 1. The molecule has 2 aliphatic rings. The van der Waals surface area contributed by atoms with Crippen LogP contribution in [0.3, 0.4) is 0 Å². The second-order valence-corrected chi connectivity index (χ2v) is 6.28. The second kappa shape index (κ2) is 6.58. The van der Waals surface area contributed by atoms with E-state index in [0.717, 1.165) is 32.0 Å². The van der Waals surface area contributed by atoms with Crippen LogP contribution in [0.5, 0.6) is 0 Å². The molecule has 0 radical (unpaired) electrons. The number of nitrogens with one attached hydrogen (secondary N) is 2. The molecule has 0 aromatic carbocycles. The Balaban J connectivity index is 1.44. The van der Waals surface area contributed by atoms with Crippen LogP contribution >= 0.6 is 0 Å². The molecule has 116 valence electrons. The smallest absolute Gasteiger partial charge is 0.269 e. The number of piperidine rings is 2. The zero-order valence-corrected chi connectivity index (χ0v) is 12.7. The maximum atomic E-state index is 12.0. The average molecular weight is 291 g/mol. The molecule has 0 spiro atoms. The van der Waals surface area contributed by atoms with E-state index in [-0.39, 0.29) is 5.91 Å². The largest absolute Gasteiger partial charge is 0.348 e. The fourth-order valence-electron chi connectivity index (χ4n) is 3.41. The summed E-state index contributed by atoms with van der Waals surface area (Å²) in [5.74, 6) is -0.0368. The zero-order valence-electron chi connectivity index (χ0n) is 12.7. The van der Waals surface area contributed by atoms with Crippen LogP contribution in [0.25, 0.3) is 0 Å². The molecule has 21 heavy (non-hydrogen) atoms. The van der Waals surface area contributed by atoms with Gasteiger partial charge < -0.3 is 20.1 Å². The number of amides is 1. The molecule has 0 unspecified atom stereocenters. The first kappa shape index (κ1) is 14.5. The van der Waals surface area contributed by atoms with Gasteiger partial charge in [0.15, 0.2) is 0 Å². The minimum Gasteiger partial charge on any atom is -0.348 e. The Morgan fingerprint density at radius 2 is 1.95 bits per heavy atom. The molecule has 6 heteroatoms. The van der Waals surface area contributed by atoms with Crippen LogP contribution in [0, 0.1) is 0 Å². The van der Waals surface area contributed by atoms with Crippen LogP contribution in [0.1, 0.15) is 36.2 Å². The van der Waals surface area contributed by atoms with Gasteiger partial charge >= 0.3 is 0 Å². The summed E-state index contributed by atoms with van der Waals surface area (Å²) in [6, 6.07) is 1.04. The lowest BCUT2D eigenvalue weighted by atomic mass is 9.98. The number of likely N-dealkylation sites (tertiary alicyclic amines) is 2. The Labute approximate surface area is 125 Å². The molecule has 6 nitrogen and oxygen atoms in total. The molecule has 1 amide bonds. The number of nitrogens with zero attached hydrogens (tertiary/aromatic N) is 3. The van der Waals surface area contributed by atoms with Crippen LogP contribution in [-0.4, -0.2) is 71.0 Å².